The van der Waals surface area contributed by atoms with E-state index >= 15 is 0 Å². The molecule has 7 heteroatoms. The SMILES string of the molecule is COc1ccc(/C=C(\C#N)S(=O)(=O)c2ccc(Cl)cc2)cc1OC. The molecule has 0 unspecified atom stereocenters. The minimum absolute atomic E-state index is 0.000164. The van der Waals surface area contributed by atoms with Crippen molar-refractivity contribution in [3.63, 3.8) is 0 Å². The summed E-state index contributed by atoms with van der Waals surface area (Å²) in [4.78, 5) is -0.378. The highest BCUT2D eigenvalue weighted by atomic mass is 35.5. The summed E-state index contributed by atoms with van der Waals surface area (Å²) in [6, 6.07) is 12.2. The lowest BCUT2D eigenvalue weighted by Crippen LogP contribution is -2.03. The van der Waals surface area contributed by atoms with E-state index in [1.54, 1.807) is 24.3 Å². The molecule has 0 spiro atoms. The second-order valence-electron chi connectivity index (χ2n) is 4.69. The Morgan fingerprint density at radius 1 is 1.08 bits per heavy atom. The van der Waals surface area contributed by atoms with Crippen molar-refractivity contribution in [1.82, 2.24) is 0 Å². The largest absolute Gasteiger partial charge is 0.493 e. The molecule has 0 saturated carbocycles. The number of hydrogen-bond acceptors (Lipinski definition) is 5. The summed E-state index contributed by atoms with van der Waals surface area (Å²) in [5.74, 6) is 0.946. The van der Waals surface area contributed by atoms with E-state index in [2.05, 4.69) is 0 Å². The van der Waals surface area contributed by atoms with Gasteiger partial charge in [-0.25, -0.2) is 8.42 Å². The van der Waals surface area contributed by atoms with E-state index in [9.17, 15) is 13.7 Å². The smallest absolute Gasteiger partial charge is 0.216 e. The van der Waals surface area contributed by atoms with Gasteiger partial charge >= 0.3 is 0 Å². The van der Waals surface area contributed by atoms with Gasteiger partial charge in [-0.05, 0) is 48.0 Å². The van der Waals surface area contributed by atoms with Crippen LogP contribution >= 0.6 is 11.6 Å². The monoisotopic (exact) mass is 363 g/mol. The summed E-state index contributed by atoms with van der Waals surface area (Å²) in [7, 11) is -0.960. The molecule has 0 aliphatic rings. The molecule has 0 heterocycles. The minimum Gasteiger partial charge on any atom is -0.493 e. The molecule has 0 aromatic heterocycles. The topological polar surface area (TPSA) is 76.4 Å². The highest BCUT2D eigenvalue weighted by molar-refractivity contribution is 7.95. The zero-order valence-electron chi connectivity index (χ0n) is 13.0. The van der Waals surface area contributed by atoms with Gasteiger partial charge in [0, 0.05) is 5.02 Å². The van der Waals surface area contributed by atoms with Gasteiger partial charge < -0.3 is 9.47 Å². The number of benzene rings is 2. The Bertz CT molecular complexity index is 913. The molecule has 2 rings (SSSR count). The molecule has 0 saturated heterocycles. The van der Waals surface area contributed by atoms with Gasteiger partial charge in [0.05, 0.1) is 19.1 Å². The van der Waals surface area contributed by atoms with Crippen molar-refractivity contribution in [2.24, 2.45) is 0 Å². The number of rotatable bonds is 5. The molecule has 0 bridgehead atoms. The van der Waals surface area contributed by atoms with Crippen LogP contribution in [0.25, 0.3) is 6.08 Å². The molecule has 0 aliphatic heterocycles. The van der Waals surface area contributed by atoms with Crippen molar-refractivity contribution in [1.29, 1.82) is 5.26 Å². The standard InChI is InChI=1S/C17H14ClNO4S/c1-22-16-8-3-12(10-17(16)23-2)9-15(11-19)24(20,21)14-6-4-13(18)5-7-14/h3-10H,1-2H3/b15-9+. The van der Waals surface area contributed by atoms with Crippen LogP contribution in [0.1, 0.15) is 5.56 Å². The highest BCUT2D eigenvalue weighted by Crippen LogP contribution is 2.29. The van der Waals surface area contributed by atoms with Crippen molar-refractivity contribution in [2.75, 3.05) is 14.2 Å². The number of hydrogen-bond donors (Lipinski definition) is 0. The molecule has 0 atom stereocenters. The molecule has 0 fully saturated rings. The number of nitrogens with zero attached hydrogens (tertiary/aromatic N) is 1. The summed E-state index contributed by atoms with van der Waals surface area (Å²) in [6.45, 7) is 0. The average molecular weight is 364 g/mol. The van der Waals surface area contributed by atoms with E-state index in [0.29, 0.717) is 22.1 Å². The zero-order chi connectivity index (χ0) is 17.7. The predicted octanol–water partition coefficient (Wildman–Crippen LogP) is 3.70. The lowest BCUT2D eigenvalue weighted by Gasteiger charge is -2.08. The van der Waals surface area contributed by atoms with Crippen LogP contribution in [0.15, 0.2) is 52.3 Å². The number of ether oxygens (including phenoxy) is 2. The van der Waals surface area contributed by atoms with Gasteiger partial charge in [-0.1, -0.05) is 17.7 Å². The summed E-state index contributed by atoms with van der Waals surface area (Å²) in [5.41, 5.74) is 0.502. The van der Waals surface area contributed by atoms with E-state index in [1.165, 1.54) is 44.6 Å². The van der Waals surface area contributed by atoms with Gasteiger partial charge in [0.1, 0.15) is 11.0 Å². The normalized spacial score (nSPS) is 11.7. The molecule has 0 radical (unpaired) electrons. The van der Waals surface area contributed by atoms with E-state index in [4.69, 9.17) is 21.1 Å². The lowest BCUT2D eigenvalue weighted by atomic mass is 10.2. The van der Waals surface area contributed by atoms with Crippen LogP contribution in [-0.2, 0) is 9.84 Å². The fraction of sp³-hybridized carbons (Fsp3) is 0.118. The molecular weight excluding hydrogens is 350 g/mol. The summed E-state index contributed by atoms with van der Waals surface area (Å²) in [5, 5.41) is 9.70. The Morgan fingerprint density at radius 2 is 1.71 bits per heavy atom. The van der Waals surface area contributed by atoms with E-state index in [1.807, 2.05) is 0 Å². The second kappa shape index (κ2) is 7.39. The quantitative estimate of drug-likeness (QED) is 0.757. The fourth-order valence-electron chi connectivity index (χ4n) is 2.00. The first-order valence-corrected chi connectivity index (χ1v) is 8.63. The van der Waals surface area contributed by atoms with Crippen molar-refractivity contribution >= 4 is 27.5 Å². The van der Waals surface area contributed by atoms with Crippen LogP contribution in [0.5, 0.6) is 11.5 Å². The Labute approximate surface area is 145 Å². The van der Waals surface area contributed by atoms with Gasteiger partial charge in [-0.15, -0.1) is 0 Å². The molecular formula is C17H14ClNO4S. The van der Waals surface area contributed by atoms with Crippen molar-refractivity contribution < 1.29 is 17.9 Å². The van der Waals surface area contributed by atoms with E-state index in [-0.39, 0.29) is 9.80 Å². The third-order valence-electron chi connectivity index (χ3n) is 3.23. The molecule has 0 N–H and O–H groups in total. The fourth-order valence-corrected chi connectivity index (χ4v) is 3.29. The van der Waals surface area contributed by atoms with E-state index < -0.39 is 9.84 Å². The van der Waals surface area contributed by atoms with Gasteiger partial charge in [0.25, 0.3) is 0 Å². The molecule has 0 amide bonds. The summed E-state index contributed by atoms with van der Waals surface area (Å²) < 4.78 is 35.4. The predicted molar refractivity (Wildman–Crippen MR) is 91.8 cm³/mol. The van der Waals surface area contributed by atoms with E-state index in [0.717, 1.165) is 0 Å². The Hall–Kier alpha value is -2.49. The first-order valence-electron chi connectivity index (χ1n) is 6.77. The maximum absolute atomic E-state index is 12.6. The van der Waals surface area contributed by atoms with Crippen molar-refractivity contribution in [3.8, 4) is 17.6 Å². The van der Waals surface area contributed by atoms with Crippen LogP contribution in [0.2, 0.25) is 5.02 Å². The van der Waals surface area contributed by atoms with Crippen LogP contribution in [0, 0.1) is 11.3 Å². The third kappa shape index (κ3) is 3.70. The van der Waals surface area contributed by atoms with Crippen LogP contribution < -0.4 is 9.47 Å². The minimum atomic E-state index is -3.93. The number of methoxy groups -OCH3 is 2. The summed E-state index contributed by atoms with van der Waals surface area (Å²) in [6.07, 6.45) is 1.28. The first kappa shape index (κ1) is 17.9. The van der Waals surface area contributed by atoms with Gasteiger partial charge in [-0.2, -0.15) is 5.26 Å². The van der Waals surface area contributed by atoms with Gasteiger partial charge in [0.15, 0.2) is 11.5 Å². The highest BCUT2D eigenvalue weighted by Gasteiger charge is 2.21. The molecule has 124 valence electrons. The third-order valence-corrected chi connectivity index (χ3v) is 5.16. The van der Waals surface area contributed by atoms with Gasteiger partial charge in [0.2, 0.25) is 9.84 Å². The molecule has 24 heavy (non-hydrogen) atoms. The lowest BCUT2D eigenvalue weighted by molar-refractivity contribution is 0.355. The van der Waals surface area contributed by atoms with Crippen molar-refractivity contribution in [2.45, 2.75) is 4.90 Å². The summed E-state index contributed by atoms with van der Waals surface area (Å²) >= 11 is 5.77. The Balaban J connectivity index is 2.49. The maximum Gasteiger partial charge on any atom is 0.216 e. The first-order chi connectivity index (χ1) is 11.4. The van der Waals surface area contributed by atoms with Crippen molar-refractivity contribution in [3.05, 3.63) is 58.0 Å². The van der Waals surface area contributed by atoms with Crippen LogP contribution in [0.4, 0.5) is 0 Å². The number of halogens is 1. The van der Waals surface area contributed by atoms with Crippen LogP contribution in [0.3, 0.4) is 0 Å². The van der Waals surface area contributed by atoms with Gasteiger partial charge in [-0.3, -0.25) is 0 Å². The molecule has 5 nitrogen and oxygen atoms in total. The molecule has 0 aliphatic carbocycles. The Kier molecular flexibility index (Phi) is 5.50. The zero-order valence-corrected chi connectivity index (χ0v) is 14.6. The number of allylic oxidation sites excluding steroid dienone is 1. The second-order valence-corrected chi connectivity index (χ2v) is 7.05. The molecule has 2 aromatic rings. The molecule has 2 aromatic carbocycles. The average Bonchev–Trinajstić information content (AvgIpc) is 2.59. The maximum atomic E-state index is 12.6. The van der Waals surface area contributed by atoms with Crippen LogP contribution in [-0.4, -0.2) is 22.6 Å². The number of sulfone groups is 1. The number of nitriles is 1. The Morgan fingerprint density at radius 3 is 2.25 bits per heavy atom.